The second-order valence-electron chi connectivity index (χ2n) is 10.8. The maximum absolute atomic E-state index is 11.0. The lowest BCUT2D eigenvalue weighted by Crippen LogP contribution is -2.50. The third-order valence-corrected chi connectivity index (χ3v) is 9.65. The number of hydrogen-bond acceptors (Lipinski definition) is 2. The molecule has 0 amide bonds. The number of fused-ring (bicyclic) bond motifs is 5. The van der Waals surface area contributed by atoms with Crippen molar-refractivity contribution in [3.63, 3.8) is 0 Å². The van der Waals surface area contributed by atoms with Gasteiger partial charge in [-0.25, -0.2) is 0 Å². The highest BCUT2D eigenvalue weighted by atomic mass is 16.4. The van der Waals surface area contributed by atoms with Crippen LogP contribution in [0.15, 0.2) is 11.6 Å². The summed E-state index contributed by atoms with van der Waals surface area (Å²) in [5.41, 5.74) is 2.27. The molecular weight excluding hydrogens is 336 g/mol. The molecule has 0 heterocycles. The van der Waals surface area contributed by atoms with Gasteiger partial charge in [-0.15, -0.1) is 0 Å². The minimum Gasteiger partial charge on any atom is -0.481 e. The first-order chi connectivity index (χ1) is 12.8. The molecule has 8 atom stereocenters. The summed E-state index contributed by atoms with van der Waals surface area (Å²) in [6, 6.07) is 0. The van der Waals surface area contributed by atoms with Crippen molar-refractivity contribution in [1.29, 1.82) is 0 Å². The molecule has 27 heavy (non-hydrogen) atoms. The van der Waals surface area contributed by atoms with Crippen LogP contribution in [0.2, 0.25) is 0 Å². The summed E-state index contributed by atoms with van der Waals surface area (Å²) < 4.78 is 0. The van der Waals surface area contributed by atoms with Crippen molar-refractivity contribution in [2.24, 2.45) is 40.4 Å². The Balaban J connectivity index is 1.54. The predicted molar refractivity (Wildman–Crippen MR) is 107 cm³/mol. The van der Waals surface area contributed by atoms with Gasteiger partial charge >= 0.3 is 5.97 Å². The minimum absolute atomic E-state index is 0.124. The summed E-state index contributed by atoms with van der Waals surface area (Å²) in [6.45, 7) is 7.33. The summed E-state index contributed by atoms with van der Waals surface area (Å²) in [4.78, 5) is 11.0. The lowest BCUT2D eigenvalue weighted by molar-refractivity contribution is -0.137. The lowest BCUT2D eigenvalue weighted by Gasteiger charge is -2.58. The number of carboxylic acid groups (broad SMARTS) is 1. The summed E-state index contributed by atoms with van der Waals surface area (Å²) in [7, 11) is 0. The Morgan fingerprint density at radius 2 is 1.96 bits per heavy atom. The molecular formula is C24H38O3. The summed E-state index contributed by atoms with van der Waals surface area (Å²) in [5, 5.41) is 19.2. The smallest absolute Gasteiger partial charge is 0.303 e. The monoisotopic (exact) mass is 374 g/mol. The summed E-state index contributed by atoms with van der Waals surface area (Å²) in [5.74, 6) is 2.94. The Hall–Kier alpha value is -0.830. The van der Waals surface area contributed by atoms with Crippen molar-refractivity contribution in [3.8, 4) is 0 Å². The maximum atomic E-state index is 11.0. The first-order valence-corrected chi connectivity index (χ1v) is 11.3. The second kappa shape index (κ2) is 6.90. The Bertz CT molecular complexity index is 625. The van der Waals surface area contributed by atoms with Crippen LogP contribution in [-0.2, 0) is 4.79 Å². The SMILES string of the molecule is C[C@@H](CCC(=O)O)[C@@H]1CC[C@H]2[C@H]3CC=C4C[C@@H](O)CC[C@]4(C)[C@@H]3CC[C@@]21C. The van der Waals surface area contributed by atoms with Crippen LogP contribution in [0.4, 0.5) is 0 Å². The maximum Gasteiger partial charge on any atom is 0.303 e. The van der Waals surface area contributed by atoms with E-state index in [-0.39, 0.29) is 6.10 Å². The van der Waals surface area contributed by atoms with Gasteiger partial charge in [-0.05, 0) is 98.2 Å². The van der Waals surface area contributed by atoms with E-state index in [4.69, 9.17) is 5.11 Å². The number of hydrogen-bond donors (Lipinski definition) is 2. The van der Waals surface area contributed by atoms with Gasteiger partial charge in [-0.1, -0.05) is 32.4 Å². The molecule has 4 aliphatic carbocycles. The molecule has 4 rings (SSSR count). The third kappa shape index (κ3) is 3.09. The highest BCUT2D eigenvalue weighted by Crippen LogP contribution is 2.67. The van der Waals surface area contributed by atoms with E-state index < -0.39 is 5.97 Å². The molecule has 0 unspecified atom stereocenters. The van der Waals surface area contributed by atoms with Crippen molar-refractivity contribution >= 4 is 5.97 Å². The zero-order valence-electron chi connectivity index (χ0n) is 17.4. The molecule has 0 spiro atoms. The molecule has 3 heteroatoms. The van der Waals surface area contributed by atoms with Crippen LogP contribution in [0.25, 0.3) is 0 Å². The fourth-order valence-electron chi connectivity index (χ4n) is 8.17. The van der Waals surface area contributed by atoms with E-state index >= 15 is 0 Å². The molecule has 0 aliphatic heterocycles. The number of allylic oxidation sites excluding steroid dienone is 1. The average Bonchev–Trinajstić information content (AvgIpc) is 2.97. The fraction of sp³-hybridized carbons (Fsp3) is 0.875. The van der Waals surface area contributed by atoms with Crippen LogP contribution in [0.5, 0.6) is 0 Å². The molecule has 0 aromatic heterocycles. The van der Waals surface area contributed by atoms with Gasteiger partial charge in [-0.2, -0.15) is 0 Å². The number of aliphatic carboxylic acids is 1. The van der Waals surface area contributed by atoms with Gasteiger partial charge in [0.1, 0.15) is 0 Å². The number of aliphatic hydroxyl groups excluding tert-OH is 1. The quantitative estimate of drug-likeness (QED) is 0.645. The second-order valence-corrected chi connectivity index (χ2v) is 10.8. The van der Waals surface area contributed by atoms with Gasteiger partial charge in [0.15, 0.2) is 0 Å². The fourth-order valence-corrected chi connectivity index (χ4v) is 8.17. The van der Waals surface area contributed by atoms with E-state index in [1.807, 2.05) is 0 Å². The molecule has 0 aromatic rings. The first-order valence-electron chi connectivity index (χ1n) is 11.3. The Kier molecular flexibility index (Phi) is 4.98. The van der Waals surface area contributed by atoms with Crippen molar-refractivity contribution in [2.45, 2.75) is 91.1 Å². The molecule has 3 fully saturated rings. The number of carbonyl (C=O) groups is 1. The van der Waals surface area contributed by atoms with E-state index in [0.29, 0.717) is 29.1 Å². The molecule has 3 nitrogen and oxygen atoms in total. The number of rotatable bonds is 4. The Labute approximate surface area is 164 Å². The summed E-state index contributed by atoms with van der Waals surface area (Å²) >= 11 is 0. The summed E-state index contributed by atoms with van der Waals surface area (Å²) in [6.07, 6.45) is 13.0. The van der Waals surface area contributed by atoms with Gasteiger partial charge in [0, 0.05) is 6.42 Å². The van der Waals surface area contributed by atoms with Crippen LogP contribution >= 0.6 is 0 Å². The average molecular weight is 375 g/mol. The van der Waals surface area contributed by atoms with Crippen molar-refractivity contribution in [2.75, 3.05) is 0 Å². The minimum atomic E-state index is -0.650. The molecule has 0 radical (unpaired) electrons. The van der Waals surface area contributed by atoms with Gasteiger partial charge in [0.25, 0.3) is 0 Å². The van der Waals surface area contributed by atoms with Crippen LogP contribution in [0, 0.1) is 40.4 Å². The molecule has 2 N–H and O–H groups in total. The largest absolute Gasteiger partial charge is 0.481 e. The first kappa shape index (κ1) is 19.5. The van der Waals surface area contributed by atoms with E-state index in [9.17, 15) is 9.90 Å². The van der Waals surface area contributed by atoms with Gasteiger partial charge in [0.2, 0.25) is 0 Å². The van der Waals surface area contributed by atoms with E-state index in [2.05, 4.69) is 26.8 Å². The molecule has 0 saturated heterocycles. The lowest BCUT2D eigenvalue weighted by atomic mass is 9.47. The van der Waals surface area contributed by atoms with Crippen LogP contribution < -0.4 is 0 Å². The highest BCUT2D eigenvalue weighted by Gasteiger charge is 2.59. The molecule has 152 valence electrons. The Morgan fingerprint density at radius 3 is 2.70 bits per heavy atom. The predicted octanol–water partition coefficient (Wildman–Crippen LogP) is 5.43. The van der Waals surface area contributed by atoms with E-state index in [1.165, 1.54) is 32.1 Å². The van der Waals surface area contributed by atoms with E-state index in [0.717, 1.165) is 43.4 Å². The zero-order valence-corrected chi connectivity index (χ0v) is 17.4. The molecule has 4 aliphatic rings. The van der Waals surface area contributed by atoms with Gasteiger partial charge in [-0.3, -0.25) is 4.79 Å². The molecule has 0 aromatic carbocycles. The van der Waals surface area contributed by atoms with Crippen LogP contribution in [-0.4, -0.2) is 22.3 Å². The Morgan fingerprint density at radius 1 is 1.19 bits per heavy atom. The highest BCUT2D eigenvalue weighted by molar-refractivity contribution is 5.66. The van der Waals surface area contributed by atoms with Gasteiger partial charge in [0.05, 0.1) is 6.10 Å². The normalized spacial score (nSPS) is 47.4. The van der Waals surface area contributed by atoms with Crippen molar-refractivity contribution in [1.82, 2.24) is 0 Å². The van der Waals surface area contributed by atoms with Crippen LogP contribution in [0.1, 0.15) is 85.0 Å². The number of carboxylic acids is 1. The van der Waals surface area contributed by atoms with E-state index in [1.54, 1.807) is 5.57 Å². The topological polar surface area (TPSA) is 57.5 Å². The third-order valence-electron chi connectivity index (χ3n) is 9.65. The number of aliphatic hydroxyl groups is 1. The van der Waals surface area contributed by atoms with Crippen molar-refractivity contribution in [3.05, 3.63) is 11.6 Å². The van der Waals surface area contributed by atoms with Gasteiger partial charge < -0.3 is 10.2 Å². The standard InChI is InChI=1S/C24H38O3/c1-15(4-9-22(26)27)19-7-8-20-18-6-5-16-14-17(25)10-12-23(16,2)21(18)11-13-24(19,20)3/h5,15,17-21,25H,4,6-14H2,1-3H3,(H,26,27)/t15-,17-,18+,19-,20-,21+,23-,24+/m0/s1. The molecule has 3 saturated carbocycles. The zero-order chi connectivity index (χ0) is 19.4. The van der Waals surface area contributed by atoms with Crippen molar-refractivity contribution < 1.29 is 15.0 Å². The van der Waals surface area contributed by atoms with Crippen LogP contribution in [0.3, 0.4) is 0 Å². The molecule has 0 bridgehead atoms.